The van der Waals surface area contributed by atoms with Crippen LogP contribution in [0.25, 0.3) is 0 Å². The smallest absolute Gasteiger partial charge is 0.150 e. The molecule has 0 amide bonds. The van der Waals surface area contributed by atoms with Crippen molar-refractivity contribution in [3.63, 3.8) is 0 Å². The second-order valence-corrected chi connectivity index (χ2v) is 4.63. The van der Waals surface area contributed by atoms with Crippen molar-refractivity contribution in [2.45, 2.75) is 20.3 Å². The molecule has 0 saturated carbocycles. The van der Waals surface area contributed by atoms with Gasteiger partial charge in [0.15, 0.2) is 0 Å². The molecular weight excluding hydrogens is 224 g/mol. The molecule has 2 heteroatoms. The Hall–Kier alpha value is -2.09. The van der Waals surface area contributed by atoms with Crippen LogP contribution in [0.5, 0.6) is 5.75 Å². The van der Waals surface area contributed by atoms with Gasteiger partial charge in [-0.15, -0.1) is 0 Å². The number of rotatable bonds is 3. The first-order valence-corrected chi connectivity index (χ1v) is 5.93. The summed E-state index contributed by atoms with van der Waals surface area (Å²) >= 11 is 0. The molecule has 0 unspecified atom stereocenters. The van der Waals surface area contributed by atoms with E-state index in [0.29, 0.717) is 17.7 Å². The molecule has 0 fully saturated rings. The van der Waals surface area contributed by atoms with Gasteiger partial charge in [0.25, 0.3) is 0 Å². The summed E-state index contributed by atoms with van der Waals surface area (Å²) in [7, 11) is 0. The molecule has 0 aromatic heterocycles. The van der Waals surface area contributed by atoms with Gasteiger partial charge in [-0.2, -0.15) is 0 Å². The molecule has 2 nitrogen and oxygen atoms in total. The third-order valence-electron chi connectivity index (χ3n) is 3.01. The predicted octanol–water partition coefficient (Wildman–Crippen LogP) is 3.41. The van der Waals surface area contributed by atoms with E-state index < -0.39 is 0 Å². The first kappa shape index (κ1) is 12.4. The highest BCUT2D eigenvalue weighted by molar-refractivity contribution is 5.75. The topological polar surface area (TPSA) is 37.3 Å². The largest absolute Gasteiger partial charge is 0.507 e. The molecular formula is C16H16O2. The average Bonchev–Trinajstić information content (AvgIpc) is 2.35. The summed E-state index contributed by atoms with van der Waals surface area (Å²) in [6, 6.07) is 11.4. The second kappa shape index (κ2) is 5.05. The number of phenolic OH excluding ortho intramolecular Hbond substituents is 1. The Balaban J connectivity index is 2.36. The highest BCUT2D eigenvalue weighted by Gasteiger charge is 2.07. The van der Waals surface area contributed by atoms with Gasteiger partial charge >= 0.3 is 0 Å². The molecule has 92 valence electrons. The summed E-state index contributed by atoms with van der Waals surface area (Å²) in [5.41, 5.74) is 4.61. The van der Waals surface area contributed by atoms with E-state index in [1.165, 1.54) is 0 Å². The number of aldehydes is 1. The van der Waals surface area contributed by atoms with Crippen molar-refractivity contribution < 1.29 is 9.90 Å². The van der Waals surface area contributed by atoms with Crippen LogP contribution in [0.1, 0.15) is 32.6 Å². The van der Waals surface area contributed by atoms with Gasteiger partial charge < -0.3 is 5.11 Å². The Morgan fingerprint density at radius 1 is 1.17 bits per heavy atom. The fourth-order valence-electron chi connectivity index (χ4n) is 2.18. The van der Waals surface area contributed by atoms with E-state index in [2.05, 4.69) is 0 Å². The minimum Gasteiger partial charge on any atom is -0.507 e. The zero-order valence-electron chi connectivity index (χ0n) is 10.6. The fourth-order valence-corrected chi connectivity index (χ4v) is 2.18. The van der Waals surface area contributed by atoms with Crippen molar-refractivity contribution in [1.29, 1.82) is 0 Å². The Bertz CT molecular complexity index is 586. The van der Waals surface area contributed by atoms with Crippen LogP contribution in [0.2, 0.25) is 0 Å². The van der Waals surface area contributed by atoms with Gasteiger partial charge in [0.1, 0.15) is 12.0 Å². The number of hydrogen-bond donors (Lipinski definition) is 1. The average molecular weight is 240 g/mol. The summed E-state index contributed by atoms with van der Waals surface area (Å²) in [5.74, 6) is 0.345. The molecule has 1 N–H and O–H groups in total. The molecule has 2 aromatic rings. The van der Waals surface area contributed by atoms with Gasteiger partial charge in [0.2, 0.25) is 0 Å². The first-order chi connectivity index (χ1) is 8.60. The van der Waals surface area contributed by atoms with Crippen LogP contribution in [-0.2, 0) is 6.42 Å². The molecule has 18 heavy (non-hydrogen) atoms. The molecule has 0 spiro atoms. The first-order valence-electron chi connectivity index (χ1n) is 5.93. The van der Waals surface area contributed by atoms with Gasteiger partial charge in [0, 0.05) is 12.0 Å². The van der Waals surface area contributed by atoms with Crippen molar-refractivity contribution >= 4 is 6.29 Å². The van der Waals surface area contributed by atoms with Gasteiger partial charge in [-0.3, -0.25) is 4.79 Å². The summed E-state index contributed by atoms with van der Waals surface area (Å²) in [4.78, 5) is 10.7. The van der Waals surface area contributed by atoms with Crippen molar-refractivity contribution in [3.8, 4) is 5.75 Å². The lowest BCUT2D eigenvalue weighted by Gasteiger charge is -2.09. The summed E-state index contributed by atoms with van der Waals surface area (Å²) < 4.78 is 0. The molecule has 0 aliphatic rings. The molecule has 0 bridgehead atoms. The molecule has 0 atom stereocenters. The number of hydrogen-bond acceptors (Lipinski definition) is 2. The summed E-state index contributed by atoms with van der Waals surface area (Å²) in [5, 5.41) is 10.0. The quantitative estimate of drug-likeness (QED) is 0.835. The van der Waals surface area contributed by atoms with Gasteiger partial charge in [-0.05, 0) is 36.6 Å². The van der Waals surface area contributed by atoms with Gasteiger partial charge in [0.05, 0.1) is 0 Å². The number of carbonyl (C=O) groups excluding carboxylic acids is 1. The molecule has 2 aromatic carbocycles. The summed E-state index contributed by atoms with van der Waals surface area (Å²) in [6.07, 6.45) is 1.47. The Labute approximate surface area is 107 Å². The Kier molecular flexibility index (Phi) is 3.47. The molecule has 0 aliphatic heterocycles. The maximum atomic E-state index is 10.7. The number of benzene rings is 2. The Morgan fingerprint density at radius 2 is 1.94 bits per heavy atom. The van der Waals surface area contributed by atoms with Crippen LogP contribution in [0, 0.1) is 13.8 Å². The summed E-state index contributed by atoms with van der Waals surface area (Å²) in [6.45, 7) is 3.91. The van der Waals surface area contributed by atoms with E-state index in [1.54, 1.807) is 6.07 Å². The number of aromatic hydroxyl groups is 1. The van der Waals surface area contributed by atoms with Crippen LogP contribution in [-0.4, -0.2) is 11.4 Å². The number of phenols is 1. The maximum Gasteiger partial charge on any atom is 0.150 e. The fraction of sp³-hybridized carbons (Fsp3) is 0.188. The molecule has 0 saturated heterocycles. The minimum atomic E-state index is 0.345. The van der Waals surface area contributed by atoms with Gasteiger partial charge in [-0.1, -0.05) is 35.9 Å². The third kappa shape index (κ3) is 2.59. The van der Waals surface area contributed by atoms with Crippen molar-refractivity contribution in [3.05, 3.63) is 64.2 Å². The van der Waals surface area contributed by atoms with E-state index in [1.807, 2.05) is 44.2 Å². The van der Waals surface area contributed by atoms with E-state index in [0.717, 1.165) is 28.5 Å². The normalized spacial score (nSPS) is 10.3. The molecule has 0 heterocycles. The molecule has 0 radical (unpaired) electrons. The highest BCUT2D eigenvalue weighted by atomic mass is 16.3. The Morgan fingerprint density at radius 3 is 2.67 bits per heavy atom. The SMILES string of the molecule is Cc1cc(C)c(O)c(Cc2cccc(C=O)c2)c1. The van der Waals surface area contributed by atoms with Crippen molar-refractivity contribution in [1.82, 2.24) is 0 Å². The van der Waals surface area contributed by atoms with E-state index in [9.17, 15) is 9.90 Å². The second-order valence-electron chi connectivity index (χ2n) is 4.63. The van der Waals surface area contributed by atoms with Crippen LogP contribution in [0.15, 0.2) is 36.4 Å². The standard InChI is InChI=1S/C16H16O2/c1-11-6-12(2)16(18)15(7-11)9-13-4-3-5-14(8-13)10-17/h3-8,10,18H,9H2,1-2H3. The lowest BCUT2D eigenvalue weighted by Crippen LogP contribution is -1.93. The van der Waals surface area contributed by atoms with Crippen LogP contribution >= 0.6 is 0 Å². The van der Waals surface area contributed by atoms with E-state index in [4.69, 9.17) is 0 Å². The van der Waals surface area contributed by atoms with Crippen LogP contribution in [0.4, 0.5) is 0 Å². The minimum absolute atomic E-state index is 0.345. The lowest BCUT2D eigenvalue weighted by molar-refractivity contribution is 0.112. The predicted molar refractivity (Wildman–Crippen MR) is 72.2 cm³/mol. The third-order valence-corrected chi connectivity index (χ3v) is 3.01. The molecule has 2 rings (SSSR count). The zero-order valence-corrected chi connectivity index (χ0v) is 10.6. The van der Waals surface area contributed by atoms with E-state index in [-0.39, 0.29) is 0 Å². The maximum absolute atomic E-state index is 10.7. The molecule has 0 aliphatic carbocycles. The van der Waals surface area contributed by atoms with Crippen LogP contribution in [0.3, 0.4) is 0 Å². The number of aryl methyl sites for hydroxylation is 2. The van der Waals surface area contributed by atoms with E-state index >= 15 is 0 Å². The van der Waals surface area contributed by atoms with Gasteiger partial charge in [-0.25, -0.2) is 0 Å². The zero-order chi connectivity index (χ0) is 13.1. The van der Waals surface area contributed by atoms with Crippen molar-refractivity contribution in [2.75, 3.05) is 0 Å². The lowest BCUT2D eigenvalue weighted by atomic mass is 9.98. The number of carbonyl (C=O) groups is 1. The van der Waals surface area contributed by atoms with Crippen LogP contribution < -0.4 is 0 Å². The highest BCUT2D eigenvalue weighted by Crippen LogP contribution is 2.26. The monoisotopic (exact) mass is 240 g/mol. The van der Waals surface area contributed by atoms with Crippen molar-refractivity contribution in [2.24, 2.45) is 0 Å².